The fourth-order valence-corrected chi connectivity index (χ4v) is 12.6. The lowest BCUT2D eigenvalue weighted by atomic mass is 9.43. The van der Waals surface area contributed by atoms with Crippen LogP contribution in [0, 0.1) is 23.7 Å². The molecule has 5 aliphatic carbocycles. The Bertz CT molecular complexity index is 2890. The summed E-state index contributed by atoms with van der Waals surface area (Å²) in [6.07, 6.45) is 7.07. The van der Waals surface area contributed by atoms with Gasteiger partial charge in [0.15, 0.2) is 0 Å². The molecule has 4 bridgehead atoms. The zero-order chi connectivity index (χ0) is 33.7. The molecule has 1 spiro atoms. The molecular weight excluding hydrogens is 629 g/mol. The van der Waals surface area contributed by atoms with Gasteiger partial charge in [-0.1, -0.05) is 97.1 Å². The Labute approximate surface area is 302 Å². The molecule has 0 atom stereocenters. The van der Waals surface area contributed by atoms with Crippen molar-refractivity contribution in [1.82, 2.24) is 9.13 Å². The second-order valence-corrected chi connectivity index (χ2v) is 16.5. The summed E-state index contributed by atoms with van der Waals surface area (Å²) in [5.41, 5.74) is 13.9. The van der Waals surface area contributed by atoms with Crippen molar-refractivity contribution in [1.29, 1.82) is 0 Å². The van der Waals surface area contributed by atoms with Crippen LogP contribution in [0.2, 0.25) is 0 Å². The minimum Gasteiger partial charge on any atom is -0.309 e. The van der Waals surface area contributed by atoms with Crippen LogP contribution in [-0.4, -0.2) is 9.13 Å². The second kappa shape index (κ2) is 9.83. The minimum atomic E-state index is 0.136. The quantitative estimate of drug-likeness (QED) is 0.174. The lowest BCUT2D eigenvalue weighted by molar-refractivity contribution is -0.0399. The van der Waals surface area contributed by atoms with E-state index in [4.69, 9.17) is 0 Å². The molecule has 9 aromatic rings. The van der Waals surface area contributed by atoms with Gasteiger partial charge in [0, 0.05) is 43.7 Å². The zero-order valence-corrected chi connectivity index (χ0v) is 29.1. The van der Waals surface area contributed by atoms with Crippen LogP contribution in [0.4, 0.5) is 0 Å². The molecule has 0 radical (unpaired) electrons. The van der Waals surface area contributed by atoms with Crippen LogP contribution in [-0.2, 0) is 5.41 Å². The smallest absolute Gasteiger partial charge is 0.0619 e. The lowest BCUT2D eigenvalue weighted by Gasteiger charge is -2.61. The van der Waals surface area contributed by atoms with Gasteiger partial charge in [-0.05, 0) is 132 Å². The lowest BCUT2D eigenvalue weighted by Crippen LogP contribution is -2.55. The highest BCUT2D eigenvalue weighted by molar-refractivity contribution is 6.19. The van der Waals surface area contributed by atoms with Gasteiger partial charge in [-0.2, -0.15) is 0 Å². The summed E-state index contributed by atoms with van der Waals surface area (Å²) in [7, 11) is 0. The molecule has 4 fully saturated rings. The van der Waals surface area contributed by atoms with Gasteiger partial charge < -0.3 is 9.13 Å². The van der Waals surface area contributed by atoms with E-state index >= 15 is 0 Å². The Kier molecular flexibility index (Phi) is 5.30. The maximum Gasteiger partial charge on any atom is 0.0619 e. The first kappa shape index (κ1) is 28.0. The van der Waals surface area contributed by atoms with Gasteiger partial charge in [0.2, 0.25) is 0 Å². The molecule has 0 aliphatic heterocycles. The molecule has 14 rings (SSSR count). The van der Waals surface area contributed by atoms with E-state index in [1.807, 2.05) is 0 Å². The molecule has 7 aromatic carbocycles. The second-order valence-electron chi connectivity index (χ2n) is 16.5. The highest BCUT2D eigenvalue weighted by Gasteiger charge is 2.61. The van der Waals surface area contributed by atoms with Crippen molar-refractivity contribution >= 4 is 54.4 Å². The van der Waals surface area contributed by atoms with Crippen LogP contribution < -0.4 is 0 Å². The molecule has 248 valence electrons. The minimum absolute atomic E-state index is 0.136. The number of rotatable bonds is 2. The van der Waals surface area contributed by atoms with Crippen molar-refractivity contribution in [3.8, 4) is 22.5 Å². The van der Waals surface area contributed by atoms with Crippen LogP contribution in [0.15, 0.2) is 146 Å². The molecule has 2 nitrogen and oxygen atoms in total. The zero-order valence-electron chi connectivity index (χ0n) is 29.1. The highest BCUT2D eigenvalue weighted by atomic mass is 15.0. The summed E-state index contributed by atoms with van der Waals surface area (Å²) >= 11 is 0. The number of hydrogen-bond donors (Lipinski definition) is 0. The van der Waals surface area contributed by atoms with E-state index in [-0.39, 0.29) is 5.41 Å². The number of para-hydroxylation sites is 2. The Morgan fingerprint density at radius 2 is 1.00 bits per heavy atom. The molecule has 5 aliphatic rings. The maximum atomic E-state index is 2.68. The number of fused-ring (bicyclic) bond motifs is 11. The Hall–Kier alpha value is -5.60. The standard InChI is InChI=1S/C50H38N2/c1-2-10-37-32(9-1)17-22-41-43-28-42-38-11-3-6-14-44(38)50(33-24-30-23-31(26-33)27-34(50)25-30)45(42)29-48(43)52(49(37)41)36-20-18-35(19-21-36)51-46-15-7-4-12-39(46)40-13-5-8-16-47(40)51/h1-22,28-31,33-34H,23-27H2. The van der Waals surface area contributed by atoms with Crippen LogP contribution in [0.1, 0.15) is 43.2 Å². The van der Waals surface area contributed by atoms with Gasteiger partial charge in [-0.25, -0.2) is 0 Å². The number of aromatic nitrogens is 2. The third-order valence-corrected chi connectivity index (χ3v) is 14.3. The largest absolute Gasteiger partial charge is 0.309 e. The normalized spacial score (nSPS) is 24.2. The van der Waals surface area contributed by atoms with E-state index in [1.54, 1.807) is 11.1 Å². The molecule has 52 heavy (non-hydrogen) atoms. The van der Waals surface area contributed by atoms with Gasteiger partial charge in [0.1, 0.15) is 0 Å². The molecule has 0 saturated heterocycles. The molecule has 2 aromatic heterocycles. The predicted molar refractivity (Wildman–Crippen MR) is 216 cm³/mol. The Morgan fingerprint density at radius 1 is 0.404 bits per heavy atom. The Balaban J connectivity index is 1.09. The van der Waals surface area contributed by atoms with Crippen LogP contribution in [0.5, 0.6) is 0 Å². The third-order valence-electron chi connectivity index (χ3n) is 14.3. The first-order valence-electron chi connectivity index (χ1n) is 19.4. The summed E-state index contributed by atoms with van der Waals surface area (Å²) in [6.45, 7) is 0. The molecule has 2 heterocycles. The van der Waals surface area contributed by atoms with Crippen molar-refractivity contribution in [3.05, 3.63) is 157 Å². The number of benzene rings is 7. The molecule has 4 saturated carbocycles. The topological polar surface area (TPSA) is 9.86 Å². The highest BCUT2D eigenvalue weighted by Crippen LogP contribution is 2.69. The molecule has 2 heteroatoms. The summed E-state index contributed by atoms with van der Waals surface area (Å²) in [5.74, 6) is 3.35. The van der Waals surface area contributed by atoms with Crippen molar-refractivity contribution in [2.45, 2.75) is 37.5 Å². The average molecular weight is 667 g/mol. The number of hydrogen-bond acceptors (Lipinski definition) is 0. The monoisotopic (exact) mass is 666 g/mol. The van der Waals surface area contributed by atoms with Crippen molar-refractivity contribution < 1.29 is 0 Å². The summed E-state index contributed by atoms with van der Waals surface area (Å²) in [4.78, 5) is 0. The van der Waals surface area contributed by atoms with E-state index in [1.165, 1.54) is 109 Å². The number of nitrogens with zero attached hydrogens (tertiary/aromatic N) is 2. The van der Waals surface area contributed by atoms with Crippen molar-refractivity contribution in [2.24, 2.45) is 23.7 Å². The molecular formula is C50H38N2. The van der Waals surface area contributed by atoms with Gasteiger partial charge >= 0.3 is 0 Å². The fraction of sp³-hybridized carbons (Fsp3) is 0.200. The maximum absolute atomic E-state index is 2.68. The van der Waals surface area contributed by atoms with E-state index in [0.29, 0.717) is 0 Å². The molecule has 0 N–H and O–H groups in total. The van der Waals surface area contributed by atoms with Crippen LogP contribution >= 0.6 is 0 Å². The molecule has 0 amide bonds. The molecule has 0 unspecified atom stereocenters. The van der Waals surface area contributed by atoms with E-state index in [2.05, 4.69) is 155 Å². The van der Waals surface area contributed by atoms with Crippen LogP contribution in [0.3, 0.4) is 0 Å². The Morgan fingerprint density at radius 3 is 1.71 bits per heavy atom. The summed E-state index contributed by atoms with van der Waals surface area (Å²) < 4.78 is 5.03. The first-order chi connectivity index (χ1) is 25.8. The van der Waals surface area contributed by atoms with Gasteiger partial charge in [-0.15, -0.1) is 0 Å². The van der Waals surface area contributed by atoms with Crippen LogP contribution in [0.25, 0.3) is 76.9 Å². The van der Waals surface area contributed by atoms with E-state index in [0.717, 1.165) is 23.7 Å². The SMILES string of the molecule is c1ccc2c(c1)-c1cc3c4ccc5ccccc5c4n(-c4ccc(-n5c6ccccc6c6ccccc65)cc4)c3cc1C21C2CC3CC(C2)CC1C3. The van der Waals surface area contributed by atoms with Crippen molar-refractivity contribution in [3.63, 3.8) is 0 Å². The van der Waals surface area contributed by atoms with Gasteiger partial charge in [0.05, 0.1) is 22.1 Å². The predicted octanol–water partition coefficient (Wildman–Crippen LogP) is 12.8. The summed E-state index contributed by atoms with van der Waals surface area (Å²) in [6, 6.07) is 55.5. The summed E-state index contributed by atoms with van der Waals surface area (Å²) in [5, 5.41) is 7.89. The van der Waals surface area contributed by atoms with Crippen molar-refractivity contribution in [2.75, 3.05) is 0 Å². The van der Waals surface area contributed by atoms with E-state index < -0.39 is 0 Å². The van der Waals surface area contributed by atoms with E-state index in [9.17, 15) is 0 Å². The fourth-order valence-electron chi connectivity index (χ4n) is 12.6. The van der Waals surface area contributed by atoms with Gasteiger partial charge in [-0.3, -0.25) is 0 Å². The average Bonchev–Trinajstić information content (AvgIpc) is 3.80. The third kappa shape index (κ3) is 3.38. The first-order valence-corrected chi connectivity index (χ1v) is 19.4. The van der Waals surface area contributed by atoms with Gasteiger partial charge in [0.25, 0.3) is 0 Å².